The number of hydrogen-bond donors (Lipinski definition) is 2. The minimum atomic E-state index is -0.0440. The van der Waals surface area contributed by atoms with E-state index in [4.69, 9.17) is 16.3 Å². The first kappa shape index (κ1) is 15.9. The lowest BCUT2D eigenvalue weighted by Crippen LogP contribution is -2.39. The summed E-state index contributed by atoms with van der Waals surface area (Å²) < 4.78 is 6.00. The van der Waals surface area contributed by atoms with Gasteiger partial charge in [-0.2, -0.15) is 11.8 Å². The number of carbonyl (C=O) groups is 1. The quantitative estimate of drug-likeness (QED) is 0.844. The average Bonchev–Trinajstić information content (AvgIpc) is 2.39. The van der Waals surface area contributed by atoms with Crippen LogP contribution in [0.1, 0.15) is 6.42 Å². The lowest BCUT2D eigenvalue weighted by molar-refractivity contribution is -0.116. The summed E-state index contributed by atoms with van der Waals surface area (Å²) in [6.45, 7) is 0.953. The van der Waals surface area contributed by atoms with Gasteiger partial charge in [-0.15, -0.1) is 0 Å². The average molecular weight is 380 g/mol. The Morgan fingerprint density at radius 2 is 2.45 bits per heavy atom. The van der Waals surface area contributed by atoms with Gasteiger partial charge in [0, 0.05) is 35.5 Å². The fourth-order valence-electron chi connectivity index (χ4n) is 2.04. The van der Waals surface area contributed by atoms with Crippen LogP contribution in [0.5, 0.6) is 5.75 Å². The van der Waals surface area contributed by atoms with Gasteiger partial charge in [-0.1, -0.05) is 11.6 Å². The number of amides is 1. The van der Waals surface area contributed by atoms with E-state index in [1.54, 1.807) is 19.2 Å². The molecule has 0 bridgehead atoms. The SMILES string of the molecule is COc1c(Br)cc(Cl)cc1NC(=O)CC1CSCCN1. The third-order valence-electron chi connectivity index (χ3n) is 2.92. The third-order valence-corrected chi connectivity index (χ3v) is 4.85. The largest absolute Gasteiger partial charge is 0.493 e. The van der Waals surface area contributed by atoms with Crippen LogP contribution in [-0.2, 0) is 4.79 Å². The lowest BCUT2D eigenvalue weighted by atomic mass is 10.2. The molecule has 7 heteroatoms. The van der Waals surface area contributed by atoms with Crippen LogP contribution in [0.2, 0.25) is 5.02 Å². The molecule has 110 valence electrons. The van der Waals surface area contributed by atoms with Crippen molar-refractivity contribution in [3.63, 3.8) is 0 Å². The molecule has 1 aliphatic heterocycles. The van der Waals surface area contributed by atoms with E-state index in [0.717, 1.165) is 18.1 Å². The number of methoxy groups -OCH3 is 1. The minimum absolute atomic E-state index is 0.0440. The summed E-state index contributed by atoms with van der Waals surface area (Å²) in [5.41, 5.74) is 0.584. The second-order valence-corrected chi connectivity index (χ2v) is 6.89. The molecule has 1 atom stereocenters. The van der Waals surface area contributed by atoms with Crippen molar-refractivity contribution in [2.45, 2.75) is 12.5 Å². The van der Waals surface area contributed by atoms with Crippen LogP contribution in [0.4, 0.5) is 5.69 Å². The normalized spacial score (nSPS) is 18.6. The summed E-state index contributed by atoms with van der Waals surface area (Å²) in [6.07, 6.45) is 0.445. The standard InChI is InChI=1S/C13H16BrClN2O2S/c1-19-13-10(14)4-8(15)5-11(13)17-12(18)6-9-7-20-3-2-16-9/h4-5,9,16H,2-3,6-7H2,1H3,(H,17,18). The van der Waals surface area contributed by atoms with Crippen molar-refractivity contribution in [3.05, 3.63) is 21.6 Å². The Hall–Kier alpha value is -0.430. The molecule has 1 aromatic carbocycles. The van der Waals surface area contributed by atoms with Crippen molar-refractivity contribution in [2.75, 3.05) is 30.5 Å². The Labute approximate surface area is 136 Å². The second-order valence-electron chi connectivity index (χ2n) is 4.45. The Bertz CT molecular complexity index is 496. The summed E-state index contributed by atoms with van der Waals surface area (Å²) in [4.78, 5) is 12.1. The number of nitrogens with one attached hydrogen (secondary N) is 2. The fourth-order valence-corrected chi connectivity index (χ4v) is 3.96. The van der Waals surface area contributed by atoms with Crippen molar-refractivity contribution < 1.29 is 9.53 Å². The van der Waals surface area contributed by atoms with E-state index >= 15 is 0 Å². The van der Waals surface area contributed by atoms with Crippen LogP contribution in [0.3, 0.4) is 0 Å². The Morgan fingerprint density at radius 1 is 1.65 bits per heavy atom. The highest BCUT2D eigenvalue weighted by molar-refractivity contribution is 9.10. The van der Waals surface area contributed by atoms with Crippen LogP contribution >= 0.6 is 39.3 Å². The van der Waals surface area contributed by atoms with E-state index in [-0.39, 0.29) is 11.9 Å². The monoisotopic (exact) mass is 378 g/mol. The van der Waals surface area contributed by atoms with Gasteiger partial charge in [0.2, 0.25) is 5.91 Å². The van der Waals surface area contributed by atoms with Gasteiger partial charge in [-0.3, -0.25) is 4.79 Å². The van der Waals surface area contributed by atoms with Crippen LogP contribution in [-0.4, -0.2) is 37.1 Å². The topological polar surface area (TPSA) is 50.4 Å². The number of carbonyl (C=O) groups excluding carboxylic acids is 1. The summed E-state index contributed by atoms with van der Waals surface area (Å²) >= 11 is 11.2. The molecule has 4 nitrogen and oxygen atoms in total. The van der Waals surface area contributed by atoms with E-state index in [1.165, 1.54) is 0 Å². The molecule has 1 aromatic rings. The molecule has 1 heterocycles. The van der Waals surface area contributed by atoms with Gasteiger partial charge in [-0.25, -0.2) is 0 Å². The summed E-state index contributed by atoms with van der Waals surface area (Å²) in [7, 11) is 1.56. The number of benzene rings is 1. The van der Waals surface area contributed by atoms with E-state index in [2.05, 4.69) is 26.6 Å². The maximum atomic E-state index is 12.1. The van der Waals surface area contributed by atoms with Crippen molar-refractivity contribution in [1.82, 2.24) is 5.32 Å². The molecule has 20 heavy (non-hydrogen) atoms. The molecule has 1 saturated heterocycles. The fraction of sp³-hybridized carbons (Fsp3) is 0.462. The van der Waals surface area contributed by atoms with Crippen LogP contribution in [0, 0.1) is 0 Å². The van der Waals surface area contributed by atoms with E-state index in [9.17, 15) is 4.79 Å². The number of halogens is 2. The minimum Gasteiger partial charge on any atom is -0.493 e. The molecule has 1 aliphatic rings. The second kappa shape index (κ2) is 7.54. The molecule has 0 saturated carbocycles. The number of anilines is 1. The highest BCUT2D eigenvalue weighted by Crippen LogP contribution is 2.36. The molecule has 1 amide bonds. The van der Waals surface area contributed by atoms with Crippen molar-refractivity contribution in [3.8, 4) is 5.75 Å². The van der Waals surface area contributed by atoms with Crippen molar-refractivity contribution in [1.29, 1.82) is 0 Å². The molecule has 1 fully saturated rings. The summed E-state index contributed by atoms with van der Waals surface area (Å²) in [5, 5.41) is 6.74. The molecule has 2 rings (SSSR count). The zero-order valence-electron chi connectivity index (χ0n) is 11.0. The Balaban J connectivity index is 2.03. The summed E-state index contributed by atoms with van der Waals surface area (Å²) in [6, 6.07) is 3.64. The van der Waals surface area contributed by atoms with Crippen molar-refractivity contribution in [2.24, 2.45) is 0 Å². The Morgan fingerprint density at radius 3 is 3.10 bits per heavy atom. The molecule has 1 unspecified atom stereocenters. The summed E-state index contributed by atoms with van der Waals surface area (Å²) in [5.74, 6) is 2.60. The number of hydrogen-bond acceptors (Lipinski definition) is 4. The number of thioether (sulfide) groups is 1. The molecule has 0 radical (unpaired) electrons. The lowest BCUT2D eigenvalue weighted by Gasteiger charge is -2.22. The smallest absolute Gasteiger partial charge is 0.226 e. The van der Waals surface area contributed by atoms with Crippen molar-refractivity contribution >= 4 is 50.9 Å². The maximum Gasteiger partial charge on any atom is 0.226 e. The predicted molar refractivity (Wildman–Crippen MR) is 88.1 cm³/mol. The Kier molecular flexibility index (Phi) is 6.01. The van der Waals surface area contributed by atoms with Gasteiger partial charge < -0.3 is 15.4 Å². The van der Waals surface area contributed by atoms with Gasteiger partial charge in [-0.05, 0) is 28.1 Å². The number of rotatable bonds is 4. The van der Waals surface area contributed by atoms with Crippen LogP contribution in [0.25, 0.3) is 0 Å². The van der Waals surface area contributed by atoms with E-state index in [1.807, 2.05) is 11.8 Å². The highest BCUT2D eigenvalue weighted by atomic mass is 79.9. The van der Waals surface area contributed by atoms with E-state index < -0.39 is 0 Å². The zero-order chi connectivity index (χ0) is 14.5. The molecule has 0 spiro atoms. The third kappa shape index (κ3) is 4.28. The van der Waals surface area contributed by atoms with Gasteiger partial charge in [0.15, 0.2) is 5.75 Å². The molecule has 2 N–H and O–H groups in total. The first-order valence-electron chi connectivity index (χ1n) is 6.24. The first-order valence-corrected chi connectivity index (χ1v) is 8.56. The molecule has 0 aliphatic carbocycles. The molecular formula is C13H16BrClN2O2S. The highest BCUT2D eigenvalue weighted by Gasteiger charge is 2.18. The first-order chi connectivity index (χ1) is 9.60. The molecular weight excluding hydrogens is 364 g/mol. The van der Waals surface area contributed by atoms with E-state index in [0.29, 0.717) is 27.4 Å². The zero-order valence-corrected chi connectivity index (χ0v) is 14.2. The maximum absolute atomic E-state index is 12.1. The predicted octanol–water partition coefficient (Wildman–Crippen LogP) is 3.14. The van der Waals surface area contributed by atoms with Gasteiger partial charge >= 0.3 is 0 Å². The van der Waals surface area contributed by atoms with Gasteiger partial charge in [0.05, 0.1) is 17.3 Å². The van der Waals surface area contributed by atoms with Gasteiger partial charge in [0.25, 0.3) is 0 Å². The van der Waals surface area contributed by atoms with Gasteiger partial charge in [0.1, 0.15) is 0 Å². The molecule has 0 aromatic heterocycles. The van der Waals surface area contributed by atoms with Crippen LogP contribution < -0.4 is 15.4 Å². The van der Waals surface area contributed by atoms with Crippen LogP contribution in [0.15, 0.2) is 16.6 Å². The number of ether oxygens (including phenoxy) is 1.